The molecule has 4 saturated carbocycles. The molecule has 2 unspecified atom stereocenters. The normalized spacial score (nSPS) is 52.6. The monoisotopic (exact) mass is 576 g/mol. The third-order valence-electron chi connectivity index (χ3n) is 9.84. The predicted octanol–water partition coefficient (Wildman–Crippen LogP) is 3.43. The highest BCUT2D eigenvalue weighted by Gasteiger charge is 2.71. The molecule has 0 spiro atoms. The smallest absolute Gasteiger partial charge is 0.303 e. The maximum Gasteiger partial charge on any atom is 0.303 e. The molecule has 2 N–H and O–H groups in total. The van der Waals surface area contributed by atoms with E-state index in [1.165, 1.54) is 6.92 Å². The lowest BCUT2D eigenvalue weighted by Crippen LogP contribution is -2.65. The zero-order valence-corrected chi connectivity index (χ0v) is 22.3. The first kappa shape index (κ1) is 24.8. The van der Waals surface area contributed by atoms with Gasteiger partial charge in [-0.2, -0.15) is 0 Å². The van der Waals surface area contributed by atoms with Crippen molar-refractivity contribution in [3.63, 3.8) is 0 Å². The SMILES string of the molecule is CC(=O)OCC(=O)[C@@]1(O)[C@@H](C)C[C@H]2[C@@H]3CC[C@@H]4C(Br)C(=O)C(Br)C[C@]4(C)[C@H]3[C@H](O)C[C@@]21C. The fourth-order valence-electron chi connectivity index (χ4n) is 8.46. The summed E-state index contributed by atoms with van der Waals surface area (Å²) in [6.45, 7) is 6.85. The summed E-state index contributed by atoms with van der Waals surface area (Å²) in [7, 11) is 0. The zero-order valence-electron chi connectivity index (χ0n) is 19.1. The first-order valence-corrected chi connectivity index (χ1v) is 13.5. The van der Waals surface area contributed by atoms with Crippen molar-refractivity contribution in [2.45, 2.75) is 81.2 Å². The van der Waals surface area contributed by atoms with Crippen LogP contribution in [0.2, 0.25) is 0 Å². The molecule has 4 rings (SSSR count). The Labute approximate surface area is 206 Å². The van der Waals surface area contributed by atoms with E-state index in [4.69, 9.17) is 4.74 Å². The number of carbonyl (C=O) groups excluding carboxylic acids is 3. The van der Waals surface area contributed by atoms with E-state index in [1.54, 1.807) is 0 Å². The topological polar surface area (TPSA) is 101 Å². The molecule has 0 amide bonds. The second-order valence-electron chi connectivity index (χ2n) is 11.3. The number of Topliss-reactive ketones (excluding diaryl/α,β-unsaturated/α-hetero) is 2. The molecule has 180 valence electrons. The molecule has 0 bridgehead atoms. The largest absolute Gasteiger partial charge is 0.458 e. The molecule has 4 fully saturated rings. The van der Waals surface area contributed by atoms with Crippen LogP contribution in [0.15, 0.2) is 0 Å². The minimum atomic E-state index is -1.64. The number of esters is 1. The van der Waals surface area contributed by atoms with Gasteiger partial charge in [0.2, 0.25) is 5.78 Å². The Morgan fingerprint density at radius 1 is 1.16 bits per heavy atom. The van der Waals surface area contributed by atoms with Gasteiger partial charge in [-0.25, -0.2) is 0 Å². The van der Waals surface area contributed by atoms with E-state index in [-0.39, 0.29) is 50.4 Å². The summed E-state index contributed by atoms with van der Waals surface area (Å²) < 4.78 is 4.95. The third-order valence-corrected chi connectivity index (χ3v) is 11.7. The minimum absolute atomic E-state index is 0.00523. The third kappa shape index (κ3) is 3.25. The maximum atomic E-state index is 13.2. The van der Waals surface area contributed by atoms with Crippen LogP contribution in [0.1, 0.15) is 59.8 Å². The lowest BCUT2D eigenvalue weighted by Gasteiger charge is -2.63. The molecule has 0 aromatic rings. The van der Waals surface area contributed by atoms with Gasteiger partial charge < -0.3 is 14.9 Å². The van der Waals surface area contributed by atoms with Crippen LogP contribution >= 0.6 is 31.9 Å². The highest BCUT2D eigenvalue weighted by molar-refractivity contribution is 9.10. The van der Waals surface area contributed by atoms with Crippen LogP contribution in [0.3, 0.4) is 0 Å². The van der Waals surface area contributed by atoms with Crippen LogP contribution in [0.5, 0.6) is 0 Å². The summed E-state index contributed by atoms with van der Waals surface area (Å²) in [6.07, 6.45) is 2.77. The number of hydrogen-bond donors (Lipinski definition) is 2. The van der Waals surface area contributed by atoms with Gasteiger partial charge in [0.1, 0.15) is 5.60 Å². The molecule has 0 aromatic carbocycles. The highest BCUT2D eigenvalue weighted by atomic mass is 79.9. The van der Waals surface area contributed by atoms with Crippen molar-refractivity contribution in [2.24, 2.45) is 40.4 Å². The van der Waals surface area contributed by atoms with Crippen LogP contribution in [-0.4, -0.2) is 55.7 Å². The Bertz CT molecular complexity index is 833. The Hall–Kier alpha value is -0.310. The average molecular weight is 578 g/mol. The standard InChI is InChI=1S/C24H34Br2O6/c1-11-7-15-13-5-6-14-20(26)21(30)16(25)8-22(14,3)19(13)17(28)9-23(15,4)24(11,31)18(29)10-32-12(2)27/h11,13-17,19-20,28,31H,5-10H2,1-4H3/t11-,13-,14+,15-,16?,17+,19+,20?,22-,23-,24-/m0/s1. The van der Waals surface area contributed by atoms with Gasteiger partial charge in [-0.05, 0) is 67.1 Å². The number of hydrogen-bond acceptors (Lipinski definition) is 6. The fraction of sp³-hybridized carbons (Fsp3) is 0.875. The van der Waals surface area contributed by atoms with Gasteiger partial charge in [-0.15, -0.1) is 0 Å². The van der Waals surface area contributed by atoms with Crippen molar-refractivity contribution >= 4 is 49.4 Å². The second-order valence-corrected chi connectivity index (χ2v) is 13.3. The van der Waals surface area contributed by atoms with E-state index < -0.39 is 35.5 Å². The molecule has 0 aliphatic heterocycles. The predicted molar refractivity (Wildman–Crippen MR) is 125 cm³/mol. The lowest BCUT2D eigenvalue weighted by molar-refractivity contribution is -0.201. The molecule has 4 aliphatic rings. The van der Waals surface area contributed by atoms with E-state index in [2.05, 4.69) is 38.8 Å². The van der Waals surface area contributed by atoms with Gasteiger partial charge in [0.25, 0.3) is 0 Å². The van der Waals surface area contributed by atoms with E-state index in [9.17, 15) is 24.6 Å². The first-order chi connectivity index (χ1) is 14.8. The molecule has 6 nitrogen and oxygen atoms in total. The summed E-state index contributed by atoms with van der Waals surface area (Å²) in [4.78, 5) is 36.6. The maximum absolute atomic E-state index is 13.2. The molecule has 0 aromatic heterocycles. The van der Waals surface area contributed by atoms with E-state index >= 15 is 0 Å². The van der Waals surface area contributed by atoms with Gasteiger partial charge in [0.05, 0.1) is 15.8 Å². The van der Waals surface area contributed by atoms with Gasteiger partial charge >= 0.3 is 5.97 Å². The van der Waals surface area contributed by atoms with E-state index in [0.717, 1.165) is 12.8 Å². The summed E-state index contributed by atoms with van der Waals surface area (Å²) in [5.41, 5.74) is -2.65. The Balaban J connectivity index is 1.69. The Morgan fingerprint density at radius 2 is 1.81 bits per heavy atom. The lowest BCUT2D eigenvalue weighted by atomic mass is 9.43. The zero-order chi connectivity index (χ0) is 23.8. The molecule has 0 heterocycles. The number of ketones is 2. The van der Waals surface area contributed by atoms with Crippen molar-refractivity contribution in [3.05, 3.63) is 0 Å². The van der Waals surface area contributed by atoms with E-state index in [0.29, 0.717) is 19.3 Å². The second kappa shape index (κ2) is 8.13. The van der Waals surface area contributed by atoms with Crippen LogP contribution in [-0.2, 0) is 19.1 Å². The van der Waals surface area contributed by atoms with Crippen molar-refractivity contribution in [3.8, 4) is 0 Å². The van der Waals surface area contributed by atoms with Crippen LogP contribution in [0.4, 0.5) is 0 Å². The summed E-state index contributed by atoms with van der Waals surface area (Å²) in [5.74, 6) is -0.729. The number of aliphatic hydroxyl groups is 2. The van der Waals surface area contributed by atoms with Crippen LogP contribution in [0, 0.1) is 40.4 Å². The minimum Gasteiger partial charge on any atom is -0.458 e. The first-order valence-electron chi connectivity index (χ1n) is 11.7. The van der Waals surface area contributed by atoms with Crippen molar-refractivity contribution in [1.82, 2.24) is 0 Å². The van der Waals surface area contributed by atoms with Gasteiger partial charge in [0, 0.05) is 12.3 Å². The molecule has 11 atom stereocenters. The molecule has 8 heteroatoms. The van der Waals surface area contributed by atoms with Crippen LogP contribution in [0.25, 0.3) is 0 Å². The number of carbonyl (C=O) groups is 3. The molecule has 0 saturated heterocycles. The number of rotatable bonds is 3. The number of aliphatic hydroxyl groups excluding tert-OH is 1. The molecule has 4 aliphatic carbocycles. The van der Waals surface area contributed by atoms with Crippen molar-refractivity contribution in [1.29, 1.82) is 0 Å². The summed E-state index contributed by atoms with van der Waals surface area (Å²) in [6, 6.07) is 0. The van der Waals surface area contributed by atoms with Gasteiger partial charge in [-0.3, -0.25) is 14.4 Å². The number of ether oxygens (including phenoxy) is 1. The Morgan fingerprint density at radius 3 is 2.44 bits per heavy atom. The fourth-order valence-corrected chi connectivity index (χ4v) is 11.0. The summed E-state index contributed by atoms with van der Waals surface area (Å²) in [5, 5.41) is 23.4. The molecule has 32 heavy (non-hydrogen) atoms. The Kier molecular flexibility index (Phi) is 6.30. The quantitative estimate of drug-likeness (QED) is 0.394. The number of alkyl halides is 2. The van der Waals surface area contributed by atoms with Gasteiger partial charge in [0.15, 0.2) is 12.4 Å². The van der Waals surface area contributed by atoms with E-state index in [1.807, 2.05) is 13.8 Å². The average Bonchev–Trinajstić information content (AvgIpc) is 2.91. The molecule has 0 radical (unpaired) electrons. The van der Waals surface area contributed by atoms with Crippen LogP contribution < -0.4 is 0 Å². The number of halogens is 2. The summed E-state index contributed by atoms with van der Waals surface area (Å²) >= 11 is 7.25. The van der Waals surface area contributed by atoms with Crippen molar-refractivity contribution in [2.75, 3.05) is 6.61 Å². The van der Waals surface area contributed by atoms with Gasteiger partial charge in [-0.1, -0.05) is 52.6 Å². The molecular formula is C24H34Br2O6. The number of fused-ring (bicyclic) bond motifs is 5. The van der Waals surface area contributed by atoms with Crippen molar-refractivity contribution < 1.29 is 29.3 Å². The molecular weight excluding hydrogens is 544 g/mol. The highest BCUT2D eigenvalue weighted by Crippen LogP contribution is 2.69.